The minimum atomic E-state index is -0.812. The Kier molecular flexibility index (Phi) is 3.36. The van der Waals surface area contributed by atoms with Crippen LogP contribution in [-0.2, 0) is 9.53 Å². The molecule has 0 spiro atoms. The van der Waals surface area contributed by atoms with E-state index in [-0.39, 0.29) is 11.7 Å². The topological polar surface area (TPSA) is 58.9 Å². The SMILES string of the molecule is CCOC(=O)C1(C)CCC(c2ccccc2O)=N1. The van der Waals surface area contributed by atoms with E-state index >= 15 is 0 Å². The van der Waals surface area contributed by atoms with Crippen LogP contribution in [0.15, 0.2) is 29.3 Å². The van der Waals surface area contributed by atoms with Gasteiger partial charge in [-0.25, -0.2) is 4.79 Å². The first-order chi connectivity index (χ1) is 8.57. The Labute approximate surface area is 106 Å². The second kappa shape index (κ2) is 4.80. The lowest BCUT2D eigenvalue weighted by molar-refractivity contribution is -0.148. The highest BCUT2D eigenvalue weighted by Crippen LogP contribution is 2.31. The molecule has 1 aromatic rings. The number of nitrogens with zero attached hydrogens (tertiary/aromatic N) is 1. The Bertz CT molecular complexity index is 496. The summed E-state index contributed by atoms with van der Waals surface area (Å²) >= 11 is 0. The molecule has 1 unspecified atom stereocenters. The van der Waals surface area contributed by atoms with Crippen LogP contribution in [-0.4, -0.2) is 28.9 Å². The molecular weight excluding hydrogens is 230 g/mol. The standard InChI is InChI=1S/C14H17NO3/c1-3-18-13(17)14(2)9-8-11(15-14)10-6-4-5-7-12(10)16/h4-7,16H,3,8-9H2,1-2H3. The number of benzene rings is 1. The van der Waals surface area contributed by atoms with Crippen molar-refractivity contribution < 1.29 is 14.6 Å². The molecule has 1 heterocycles. The van der Waals surface area contributed by atoms with Crippen molar-refractivity contribution in [3.63, 3.8) is 0 Å². The van der Waals surface area contributed by atoms with Crippen LogP contribution in [0.1, 0.15) is 32.3 Å². The lowest BCUT2D eigenvalue weighted by Crippen LogP contribution is -2.32. The fourth-order valence-corrected chi connectivity index (χ4v) is 2.12. The summed E-state index contributed by atoms with van der Waals surface area (Å²) in [4.78, 5) is 16.3. The molecule has 1 aliphatic rings. The van der Waals surface area contributed by atoms with Crippen molar-refractivity contribution in [2.24, 2.45) is 4.99 Å². The molecule has 1 N–H and O–H groups in total. The summed E-state index contributed by atoms with van der Waals surface area (Å²) < 4.78 is 5.03. The number of esters is 1. The number of hydrogen-bond donors (Lipinski definition) is 1. The van der Waals surface area contributed by atoms with Crippen LogP contribution < -0.4 is 0 Å². The number of phenolic OH excluding ortho intramolecular Hbond substituents is 1. The van der Waals surface area contributed by atoms with Gasteiger partial charge in [-0.1, -0.05) is 12.1 Å². The summed E-state index contributed by atoms with van der Waals surface area (Å²) in [7, 11) is 0. The van der Waals surface area contributed by atoms with E-state index in [1.165, 1.54) is 0 Å². The number of hydrogen-bond acceptors (Lipinski definition) is 4. The predicted molar refractivity (Wildman–Crippen MR) is 68.9 cm³/mol. The van der Waals surface area contributed by atoms with Crippen LogP contribution in [0.4, 0.5) is 0 Å². The molecule has 1 aromatic carbocycles. The van der Waals surface area contributed by atoms with Gasteiger partial charge in [0.25, 0.3) is 0 Å². The summed E-state index contributed by atoms with van der Waals surface area (Å²) in [5.41, 5.74) is 0.655. The molecule has 1 atom stereocenters. The molecule has 0 aliphatic carbocycles. The van der Waals surface area contributed by atoms with E-state index in [0.29, 0.717) is 25.0 Å². The summed E-state index contributed by atoms with van der Waals surface area (Å²) in [6.45, 7) is 3.91. The molecule has 0 amide bonds. The highest BCUT2D eigenvalue weighted by molar-refractivity contribution is 6.06. The zero-order valence-electron chi connectivity index (χ0n) is 10.6. The molecule has 0 radical (unpaired) electrons. The van der Waals surface area contributed by atoms with Crippen molar-refractivity contribution in [1.82, 2.24) is 0 Å². The number of phenols is 1. The number of carbonyl (C=O) groups is 1. The summed E-state index contributed by atoms with van der Waals surface area (Å²) in [6, 6.07) is 7.04. The zero-order valence-corrected chi connectivity index (χ0v) is 10.6. The second-order valence-electron chi connectivity index (χ2n) is 4.57. The molecule has 4 nitrogen and oxygen atoms in total. The normalized spacial score (nSPS) is 22.7. The Morgan fingerprint density at radius 1 is 1.50 bits per heavy atom. The molecule has 2 rings (SSSR count). The van der Waals surface area contributed by atoms with E-state index in [9.17, 15) is 9.90 Å². The van der Waals surface area contributed by atoms with E-state index in [2.05, 4.69) is 4.99 Å². The lowest BCUT2D eigenvalue weighted by atomic mass is 9.99. The Morgan fingerprint density at radius 2 is 2.22 bits per heavy atom. The van der Waals surface area contributed by atoms with Crippen molar-refractivity contribution in [2.75, 3.05) is 6.61 Å². The van der Waals surface area contributed by atoms with E-state index in [1.807, 2.05) is 12.1 Å². The number of rotatable bonds is 3. The molecule has 96 valence electrons. The van der Waals surface area contributed by atoms with Gasteiger partial charge in [-0.3, -0.25) is 4.99 Å². The van der Waals surface area contributed by atoms with Gasteiger partial charge < -0.3 is 9.84 Å². The Morgan fingerprint density at radius 3 is 2.89 bits per heavy atom. The van der Waals surface area contributed by atoms with E-state index in [0.717, 1.165) is 5.71 Å². The van der Waals surface area contributed by atoms with Crippen LogP contribution in [0.2, 0.25) is 0 Å². The number of aliphatic imine (C=N–C) groups is 1. The number of carbonyl (C=O) groups excluding carboxylic acids is 1. The first-order valence-corrected chi connectivity index (χ1v) is 6.11. The highest BCUT2D eigenvalue weighted by Gasteiger charge is 2.39. The van der Waals surface area contributed by atoms with Crippen molar-refractivity contribution >= 4 is 11.7 Å². The predicted octanol–water partition coefficient (Wildman–Crippen LogP) is 2.30. The molecule has 0 saturated heterocycles. The monoisotopic (exact) mass is 247 g/mol. The maximum Gasteiger partial charge on any atom is 0.333 e. The third kappa shape index (κ3) is 2.23. The Hall–Kier alpha value is -1.84. The molecule has 0 saturated carbocycles. The minimum absolute atomic E-state index is 0.198. The fraction of sp³-hybridized carbons (Fsp3) is 0.429. The van der Waals surface area contributed by atoms with Crippen molar-refractivity contribution in [3.8, 4) is 5.75 Å². The van der Waals surface area contributed by atoms with Crippen LogP contribution in [0, 0.1) is 0 Å². The average Bonchev–Trinajstić information content (AvgIpc) is 2.74. The maximum absolute atomic E-state index is 11.8. The second-order valence-corrected chi connectivity index (χ2v) is 4.57. The lowest BCUT2D eigenvalue weighted by Gasteiger charge is -2.17. The first-order valence-electron chi connectivity index (χ1n) is 6.11. The molecule has 0 fully saturated rings. The fourth-order valence-electron chi connectivity index (χ4n) is 2.12. The number of ether oxygens (including phenoxy) is 1. The van der Waals surface area contributed by atoms with Crippen LogP contribution >= 0.6 is 0 Å². The van der Waals surface area contributed by atoms with Crippen molar-refractivity contribution in [3.05, 3.63) is 29.8 Å². The molecular formula is C14H17NO3. The quantitative estimate of drug-likeness (QED) is 0.834. The molecule has 0 aromatic heterocycles. The molecule has 1 aliphatic heterocycles. The zero-order chi connectivity index (χ0) is 13.2. The van der Waals surface area contributed by atoms with E-state index < -0.39 is 5.54 Å². The molecule has 0 bridgehead atoms. The van der Waals surface area contributed by atoms with Gasteiger partial charge in [-0.05, 0) is 38.8 Å². The average molecular weight is 247 g/mol. The van der Waals surface area contributed by atoms with E-state index in [1.54, 1.807) is 26.0 Å². The van der Waals surface area contributed by atoms with Gasteiger partial charge in [-0.15, -0.1) is 0 Å². The van der Waals surface area contributed by atoms with Gasteiger partial charge in [0.1, 0.15) is 5.75 Å². The summed E-state index contributed by atoms with van der Waals surface area (Å²) in [6.07, 6.45) is 1.29. The van der Waals surface area contributed by atoms with Crippen molar-refractivity contribution in [1.29, 1.82) is 0 Å². The summed E-state index contributed by atoms with van der Waals surface area (Å²) in [5, 5.41) is 9.79. The number of para-hydroxylation sites is 1. The van der Waals surface area contributed by atoms with Gasteiger partial charge in [-0.2, -0.15) is 0 Å². The first kappa shape index (κ1) is 12.6. The van der Waals surface area contributed by atoms with Crippen LogP contribution in [0.25, 0.3) is 0 Å². The number of aromatic hydroxyl groups is 1. The maximum atomic E-state index is 11.8. The minimum Gasteiger partial charge on any atom is -0.507 e. The molecule has 4 heteroatoms. The highest BCUT2D eigenvalue weighted by atomic mass is 16.5. The van der Waals surface area contributed by atoms with Gasteiger partial charge in [0.2, 0.25) is 0 Å². The Balaban J connectivity index is 2.28. The summed E-state index contributed by atoms with van der Waals surface area (Å²) in [5.74, 6) is -0.0974. The van der Waals surface area contributed by atoms with Crippen LogP contribution in [0.5, 0.6) is 5.75 Å². The van der Waals surface area contributed by atoms with Gasteiger partial charge >= 0.3 is 5.97 Å². The largest absolute Gasteiger partial charge is 0.507 e. The van der Waals surface area contributed by atoms with E-state index in [4.69, 9.17) is 4.74 Å². The van der Waals surface area contributed by atoms with Gasteiger partial charge in [0.05, 0.1) is 6.61 Å². The third-order valence-electron chi connectivity index (χ3n) is 3.16. The molecule has 18 heavy (non-hydrogen) atoms. The van der Waals surface area contributed by atoms with Crippen molar-refractivity contribution in [2.45, 2.75) is 32.2 Å². The van der Waals surface area contributed by atoms with Gasteiger partial charge in [0, 0.05) is 11.3 Å². The smallest absolute Gasteiger partial charge is 0.333 e. The van der Waals surface area contributed by atoms with Crippen LogP contribution in [0.3, 0.4) is 0 Å². The third-order valence-corrected chi connectivity index (χ3v) is 3.16. The van der Waals surface area contributed by atoms with Gasteiger partial charge in [0.15, 0.2) is 5.54 Å².